The van der Waals surface area contributed by atoms with Crippen molar-refractivity contribution in [1.82, 2.24) is 0 Å². The zero-order valence-corrected chi connectivity index (χ0v) is 8.79. The predicted molar refractivity (Wildman–Crippen MR) is 41.1 cm³/mol. The van der Waals surface area contributed by atoms with Crippen molar-refractivity contribution in [2.24, 2.45) is 4.40 Å². The molecular weight excluding hydrogens is 169 g/mol. The molecule has 9 heavy (non-hydrogen) atoms. The van der Waals surface area contributed by atoms with Crippen LogP contribution in [0.15, 0.2) is 4.40 Å². The minimum Gasteiger partial charge on any atom is -0.290 e. The molecule has 1 aliphatic rings. The number of hydrogen-bond donors (Lipinski definition) is 0. The summed E-state index contributed by atoms with van der Waals surface area (Å²) in [6.07, 6.45) is 0. The summed E-state index contributed by atoms with van der Waals surface area (Å²) in [4.78, 5) is 10.6. The van der Waals surface area contributed by atoms with E-state index in [-0.39, 0.29) is 45.8 Å². The van der Waals surface area contributed by atoms with Crippen LogP contribution in [0.5, 0.6) is 0 Å². The third kappa shape index (κ3) is 2.24. The van der Waals surface area contributed by atoms with E-state index in [0.29, 0.717) is 0 Å². The number of carbonyl (C=O) groups is 1. The molecule has 0 aromatic carbocycles. The van der Waals surface area contributed by atoms with Gasteiger partial charge < -0.3 is 0 Å². The van der Waals surface area contributed by atoms with Gasteiger partial charge in [-0.15, -0.1) is 0 Å². The minimum absolute atomic E-state index is 0. The monoisotopic (exact) mass is 172 g/mol. The van der Waals surface area contributed by atoms with Crippen LogP contribution in [0.25, 0.3) is 0 Å². The second-order valence-corrected chi connectivity index (χ2v) is 2.95. The van der Waals surface area contributed by atoms with Gasteiger partial charge in [-0.1, -0.05) is 11.6 Å². The molecule has 0 saturated carbocycles. The number of carbonyl (C=O) groups excluding carboxylic acids is 1. The van der Waals surface area contributed by atoms with Gasteiger partial charge in [0.1, 0.15) is 0 Å². The van der Waals surface area contributed by atoms with Crippen LogP contribution in [-0.4, -0.2) is 45.8 Å². The molecule has 1 heterocycles. The summed E-state index contributed by atoms with van der Waals surface area (Å²) in [5.74, 6) is -0.0586. The van der Waals surface area contributed by atoms with E-state index in [1.165, 1.54) is 11.9 Å². The van der Waals surface area contributed by atoms with Crippen LogP contribution < -0.4 is 0 Å². The van der Waals surface area contributed by atoms with E-state index in [1.807, 2.05) is 0 Å². The summed E-state index contributed by atoms with van der Waals surface area (Å²) in [6, 6.07) is 0. The Morgan fingerprint density at radius 3 is 2.44 bits per heavy atom. The van der Waals surface area contributed by atoms with Gasteiger partial charge in [0.15, 0.2) is 5.17 Å². The molecule has 5 heteroatoms. The molecule has 0 aromatic heterocycles. The SMILES string of the molecule is CC1SN=C(Cl)C1=O.[Na]. The molecule has 2 nitrogen and oxygen atoms in total. The van der Waals surface area contributed by atoms with Crippen LogP contribution in [0.1, 0.15) is 6.92 Å². The zero-order valence-electron chi connectivity index (χ0n) is 5.22. The maximum Gasteiger partial charge on any atom is 0.207 e. The molecule has 0 fully saturated rings. The summed E-state index contributed by atoms with van der Waals surface area (Å²) < 4.78 is 3.65. The Labute approximate surface area is 84.9 Å². The van der Waals surface area contributed by atoms with Gasteiger partial charge in [0.2, 0.25) is 5.78 Å². The summed E-state index contributed by atoms with van der Waals surface area (Å²) in [6.45, 7) is 1.78. The van der Waals surface area contributed by atoms with Crippen molar-refractivity contribution in [3.05, 3.63) is 0 Å². The number of ketones is 1. The largest absolute Gasteiger partial charge is 0.290 e. The molecular formula is C4H4ClNNaOS. The van der Waals surface area contributed by atoms with Crippen molar-refractivity contribution < 1.29 is 4.79 Å². The van der Waals surface area contributed by atoms with E-state index in [1.54, 1.807) is 6.92 Å². The van der Waals surface area contributed by atoms with Crippen LogP contribution in [0.3, 0.4) is 0 Å². The van der Waals surface area contributed by atoms with Crippen molar-refractivity contribution in [3.8, 4) is 0 Å². The molecule has 1 rings (SSSR count). The molecule has 1 atom stereocenters. The first-order chi connectivity index (χ1) is 3.72. The summed E-state index contributed by atoms with van der Waals surface area (Å²) in [7, 11) is 0. The molecule has 0 spiro atoms. The molecule has 0 aliphatic carbocycles. The molecule has 0 amide bonds. The molecule has 0 N–H and O–H groups in total. The molecule has 0 saturated heterocycles. The third-order valence-corrected chi connectivity index (χ3v) is 2.05. The Kier molecular flexibility index (Phi) is 4.42. The van der Waals surface area contributed by atoms with Gasteiger partial charge in [-0.25, -0.2) is 0 Å². The van der Waals surface area contributed by atoms with E-state index in [2.05, 4.69) is 4.40 Å². The Morgan fingerprint density at radius 2 is 2.33 bits per heavy atom. The number of Topliss-reactive ketones (excluding diaryl/α,β-unsaturated/α-hetero) is 1. The van der Waals surface area contributed by atoms with Gasteiger partial charge in [-0.3, -0.25) is 4.79 Å². The summed E-state index contributed by atoms with van der Waals surface area (Å²) in [5, 5.41) is 0.0602. The maximum atomic E-state index is 10.6. The summed E-state index contributed by atoms with van der Waals surface area (Å²) in [5.41, 5.74) is 0. The van der Waals surface area contributed by atoms with E-state index < -0.39 is 0 Å². The molecule has 1 radical (unpaired) electrons. The van der Waals surface area contributed by atoms with Crippen molar-refractivity contribution in [3.63, 3.8) is 0 Å². The topological polar surface area (TPSA) is 29.4 Å². The number of halogens is 1. The fourth-order valence-electron chi connectivity index (χ4n) is 0.386. The molecule has 1 aliphatic heterocycles. The molecule has 45 valence electrons. The van der Waals surface area contributed by atoms with Crippen molar-refractivity contribution >= 4 is 64.1 Å². The van der Waals surface area contributed by atoms with Crippen LogP contribution in [0.2, 0.25) is 0 Å². The second kappa shape index (κ2) is 3.98. The quantitative estimate of drug-likeness (QED) is 0.401. The Morgan fingerprint density at radius 1 is 1.78 bits per heavy atom. The normalized spacial score (nSPS) is 25.3. The zero-order chi connectivity index (χ0) is 6.15. The summed E-state index contributed by atoms with van der Waals surface area (Å²) >= 11 is 6.56. The smallest absolute Gasteiger partial charge is 0.207 e. The first kappa shape index (κ1) is 9.98. The standard InChI is InChI=1S/C4H4ClNOS.Na/c1-2-3(7)4(5)6-8-2;/h2H,1H3;. The van der Waals surface area contributed by atoms with Crippen LogP contribution >= 0.6 is 23.5 Å². The van der Waals surface area contributed by atoms with E-state index >= 15 is 0 Å². The Balaban J connectivity index is 0.000000640. The van der Waals surface area contributed by atoms with Gasteiger partial charge >= 0.3 is 0 Å². The maximum absolute atomic E-state index is 10.6. The van der Waals surface area contributed by atoms with Crippen molar-refractivity contribution in [2.75, 3.05) is 0 Å². The average molecular weight is 173 g/mol. The Bertz CT molecular complexity index is 161. The van der Waals surface area contributed by atoms with Gasteiger partial charge in [0.25, 0.3) is 0 Å². The second-order valence-electron chi connectivity index (χ2n) is 1.49. The van der Waals surface area contributed by atoms with Crippen molar-refractivity contribution in [2.45, 2.75) is 12.2 Å². The molecule has 0 aromatic rings. The fraction of sp³-hybridized carbons (Fsp3) is 0.500. The average Bonchev–Trinajstić information content (AvgIpc) is 1.98. The molecule has 0 bridgehead atoms. The number of hydrogen-bond acceptors (Lipinski definition) is 3. The Hall–Kier alpha value is 0.980. The van der Waals surface area contributed by atoms with E-state index in [0.717, 1.165) is 0 Å². The van der Waals surface area contributed by atoms with Crippen LogP contribution in [0, 0.1) is 0 Å². The third-order valence-electron chi connectivity index (χ3n) is 0.864. The van der Waals surface area contributed by atoms with Crippen molar-refractivity contribution in [1.29, 1.82) is 0 Å². The van der Waals surface area contributed by atoms with Gasteiger partial charge in [0.05, 0.1) is 5.25 Å². The number of rotatable bonds is 0. The van der Waals surface area contributed by atoms with E-state index in [4.69, 9.17) is 11.6 Å². The molecule has 1 unspecified atom stereocenters. The first-order valence-corrected chi connectivity index (χ1v) is 3.37. The van der Waals surface area contributed by atoms with Gasteiger partial charge in [0, 0.05) is 29.6 Å². The van der Waals surface area contributed by atoms with Crippen LogP contribution in [0.4, 0.5) is 0 Å². The van der Waals surface area contributed by atoms with E-state index in [9.17, 15) is 4.79 Å². The minimum atomic E-state index is -0.0671. The van der Waals surface area contributed by atoms with Gasteiger partial charge in [-0.05, 0) is 18.9 Å². The predicted octanol–water partition coefficient (Wildman–Crippen LogP) is 0.862. The van der Waals surface area contributed by atoms with Gasteiger partial charge in [-0.2, -0.15) is 4.40 Å². The fourth-order valence-corrected chi connectivity index (χ4v) is 1.28. The first-order valence-electron chi connectivity index (χ1n) is 2.15. The van der Waals surface area contributed by atoms with Crippen LogP contribution in [-0.2, 0) is 4.79 Å². The number of nitrogens with zero attached hydrogens (tertiary/aromatic N) is 1.